The lowest BCUT2D eigenvalue weighted by Crippen LogP contribution is -2.46. The van der Waals surface area contributed by atoms with Gasteiger partial charge in [0.15, 0.2) is 0 Å². The van der Waals surface area contributed by atoms with Gasteiger partial charge in [0.25, 0.3) is 11.1 Å². The van der Waals surface area contributed by atoms with E-state index in [-0.39, 0.29) is 24.0 Å². The van der Waals surface area contributed by atoms with Crippen molar-refractivity contribution < 1.29 is 23.9 Å². The predicted octanol–water partition coefficient (Wildman–Crippen LogP) is 5.62. The molecule has 0 bridgehead atoms. The molecular formula is C27H22Cl2N2O5S. The number of ether oxygens (including phenoxy) is 2. The van der Waals surface area contributed by atoms with Crippen molar-refractivity contribution in [2.45, 2.75) is 6.61 Å². The van der Waals surface area contributed by atoms with Crippen molar-refractivity contribution in [1.29, 1.82) is 0 Å². The van der Waals surface area contributed by atoms with Crippen LogP contribution in [0.5, 0.6) is 5.75 Å². The van der Waals surface area contributed by atoms with E-state index in [2.05, 4.69) is 0 Å². The molecular weight excluding hydrogens is 535 g/mol. The number of nitrogens with zero attached hydrogens (tertiary/aromatic N) is 2. The Morgan fingerprint density at radius 2 is 1.84 bits per heavy atom. The van der Waals surface area contributed by atoms with Crippen LogP contribution in [0.1, 0.15) is 11.1 Å². The summed E-state index contributed by atoms with van der Waals surface area (Å²) in [5.74, 6) is -0.252. The SMILES string of the molecule is O=C(CN1C(=O)S/C(=C/c2c(OCc3ccc(Cl)cc3Cl)ccc3ccccc23)C1=O)N1CCOCC1. The molecule has 190 valence electrons. The third kappa shape index (κ3) is 5.62. The molecule has 2 saturated heterocycles. The van der Waals surface area contributed by atoms with Gasteiger partial charge in [-0.1, -0.05) is 59.6 Å². The molecule has 0 aliphatic carbocycles. The Bertz CT molecular complexity index is 1420. The first-order valence-corrected chi connectivity index (χ1v) is 13.2. The number of fused-ring (bicyclic) bond motifs is 1. The van der Waals surface area contributed by atoms with E-state index in [1.807, 2.05) is 36.4 Å². The summed E-state index contributed by atoms with van der Waals surface area (Å²) in [6, 6.07) is 16.6. The van der Waals surface area contributed by atoms with Crippen LogP contribution < -0.4 is 4.74 Å². The molecule has 0 aromatic heterocycles. The second kappa shape index (κ2) is 11.1. The van der Waals surface area contributed by atoms with Crippen LogP contribution in [-0.2, 0) is 20.9 Å². The number of thioether (sulfide) groups is 1. The highest BCUT2D eigenvalue weighted by atomic mass is 35.5. The van der Waals surface area contributed by atoms with E-state index in [0.29, 0.717) is 47.7 Å². The number of benzene rings is 3. The standard InChI is InChI=1S/C27H22Cl2N2O5S/c28-19-7-5-18(22(29)13-19)16-36-23-8-6-17-3-1-2-4-20(17)21(23)14-24-26(33)31(27(34)37-24)15-25(32)30-9-11-35-12-10-30/h1-8,13-14H,9-12,15-16H2/b24-14+. The van der Waals surface area contributed by atoms with Gasteiger partial charge in [-0.2, -0.15) is 0 Å². The minimum Gasteiger partial charge on any atom is -0.488 e. The Morgan fingerprint density at radius 1 is 1.05 bits per heavy atom. The summed E-state index contributed by atoms with van der Waals surface area (Å²) in [6.45, 7) is 1.66. The molecule has 0 radical (unpaired) electrons. The minimum absolute atomic E-state index is 0.185. The van der Waals surface area contributed by atoms with Crippen molar-refractivity contribution in [3.63, 3.8) is 0 Å². The molecule has 0 unspecified atom stereocenters. The summed E-state index contributed by atoms with van der Waals surface area (Å²) in [4.78, 5) is 41.4. The van der Waals surface area contributed by atoms with Gasteiger partial charge in [-0.3, -0.25) is 19.3 Å². The summed E-state index contributed by atoms with van der Waals surface area (Å²) in [5, 5.41) is 2.35. The Kier molecular flexibility index (Phi) is 7.71. The zero-order valence-corrected chi connectivity index (χ0v) is 21.9. The number of carbonyl (C=O) groups excluding carboxylic acids is 3. The summed E-state index contributed by atoms with van der Waals surface area (Å²) in [6.07, 6.45) is 1.66. The van der Waals surface area contributed by atoms with Gasteiger partial charge < -0.3 is 14.4 Å². The number of hydrogen-bond donors (Lipinski definition) is 0. The van der Waals surface area contributed by atoms with Crippen molar-refractivity contribution >= 4 is 68.9 Å². The molecule has 2 heterocycles. The van der Waals surface area contributed by atoms with Gasteiger partial charge in [0, 0.05) is 34.3 Å². The fourth-order valence-corrected chi connectivity index (χ4v) is 5.44. The van der Waals surface area contributed by atoms with Crippen LogP contribution in [0.4, 0.5) is 4.79 Å². The Morgan fingerprint density at radius 3 is 2.62 bits per heavy atom. The minimum atomic E-state index is -0.503. The molecule has 2 fully saturated rings. The first kappa shape index (κ1) is 25.6. The van der Waals surface area contributed by atoms with Gasteiger partial charge in [-0.25, -0.2) is 0 Å². The first-order chi connectivity index (χ1) is 17.9. The number of rotatable bonds is 6. The Hall–Kier alpha value is -3.04. The molecule has 37 heavy (non-hydrogen) atoms. The van der Waals surface area contributed by atoms with Crippen LogP contribution >= 0.6 is 35.0 Å². The van der Waals surface area contributed by atoms with Crippen LogP contribution in [-0.4, -0.2) is 59.7 Å². The monoisotopic (exact) mass is 556 g/mol. The van der Waals surface area contributed by atoms with E-state index in [1.165, 1.54) is 0 Å². The molecule has 0 spiro atoms. The Labute approximate surface area is 227 Å². The van der Waals surface area contributed by atoms with Gasteiger partial charge in [-0.05, 0) is 46.8 Å². The lowest BCUT2D eigenvalue weighted by molar-refractivity contribution is -0.139. The number of imide groups is 1. The average molecular weight is 557 g/mol. The van der Waals surface area contributed by atoms with E-state index in [0.717, 1.165) is 33.0 Å². The largest absolute Gasteiger partial charge is 0.488 e. The highest BCUT2D eigenvalue weighted by molar-refractivity contribution is 8.18. The van der Waals surface area contributed by atoms with E-state index >= 15 is 0 Å². The van der Waals surface area contributed by atoms with Gasteiger partial charge in [0.05, 0.1) is 18.1 Å². The maximum atomic E-state index is 13.2. The third-order valence-corrected chi connectivity index (χ3v) is 7.63. The fourth-order valence-electron chi connectivity index (χ4n) is 4.16. The highest BCUT2D eigenvalue weighted by Crippen LogP contribution is 2.37. The molecule has 0 N–H and O–H groups in total. The van der Waals surface area contributed by atoms with Crippen molar-refractivity contribution in [3.8, 4) is 5.75 Å². The second-order valence-corrected chi connectivity index (χ2v) is 10.3. The summed E-state index contributed by atoms with van der Waals surface area (Å²) in [5.41, 5.74) is 1.42. The number of morpholine rings is 1. The van der Waals surface area contributed by atoms with E-state index in [4.69, 9.17) is 32.7 Å². The van der Waals surface area contributed by atoms with Gasteiger partial charge >= 0.3 is 0 Å². The van der Waals surface area contributed by atoms with E-state index < -0.39 is 11.1 Å². The smallest absolute Gasteiger partial charge is 0.294 e. The van der Waals surface area contributed by atoms with Crippen molar-refractivity contribution in [2.24, 2.45) is 0 Å². The third-order valence-electron chi connectivity index (χ3n) is 6.14. The van der Waals surface area contributed by atoms with Crippen molar-refractivity contribution in [2.75, 3.05) is 32.8 Å². The maximum absolute atomic E-state index is 13.2. The van der Waals surface area contributed by atoms with Crippen molar-refractivity contribution in [3.05, 3.63) is 80.7 Å². The lowest BCUT2D eigenvalue weighted by atomic mass is 10.0. The molecule has 10 heteroatoms. The van der Waals surface area contributed by atoms with E-state index in [1.54, 1.807) is 29.2 Å². The zero-order chi connectivity index (χ0) is 25.9. The normalized spacial score (nSPS) is 17.2. The summed E-state index contributed by atoms with van der Waals surface area (Å²) in [7, 11) is 0. The molecule has 3 aromatic rings. The molecule has 2 aliphatic heterocycles. The number of carbonyl (C=O) groups is 3. The van der Waals surface area contributed by atoms with Gasteiger partial charge in [0.1, 0.15) is 18.9 Å². The molecule has 0 saturated carbocycles. The summed E-state index contributed by atoms with van der Waals surface area (Å²) < 4.78 is 11.4. The highest BCUT2D eigenvalue weighted by Gasteiger charge is 2.37. The van der Waals surface area contributed by atoms with Crippen LogP contribution in [0.25, 0.3) is 16.8 Å². The number of amides is 3. The van der Waals surface area contributed by atoms with Crippen molar-refractivity contribution in [1.82, 2.24) is 9.80 Å². The predicted molar refractivity (Wildman–Crippen MR) is 145 cm³/mol. The molecule has 3 aromatic carbocycles. The van der Waals surface area contributed by atoms with E-state index in [9.17, 15) is 14.4 Å². The quantitative estimate of drug-likeness (QED) is 0.367. The average Bonchev–Trinajstić information content (AvgIpc) is 3.16. The number of halogens is 2. The fraction of sp³-hybridized carbons (Fsp3) is 0.222. The number of hydrogen-bond acceptors (Lipinski definition) is 6. The first-order valence-electron chi connectivity index (χ1n) is 11.6. The molecule has 5 rings (SSSR count). The molecule has 2 aliphatic rings. The topological polar surface area (TPSA) is 76.2 Å². The van der Waals surface area contributed by atoms with Crippen LogP contribution in [0.2, 0.25) is 10.0 Å². The lowest BCUT2D eigenvalue weighted by Gasteiger charge is -2.28. The second-order valence-electron chi connectivity index (χ2n) is 8.48. The van der Waals surface area contributed by atoms with Crippen LogP contribution in [0.3, 0.4) is 0 Å². The van der Waals surface area contributed by atoms with Crippen LogP contribution in [0.15, 0.2) is 59.5 Å². The zero-order valence-electron chi connectivity index (χ0n) is 19.6. The summed E-state index contributed by atoms with van der Waals surface area (Å²) >= 11 is 13.1. The Balaban J connectivity index is 1.43. The van der Waals surface area contributed by atoms with Crippen LogP contribution in [0, 0.1) is 0 Å². The van der Waals surface area contributed by atoms with Gasteiger partial charge in [-0.15, -0.1) is 0 Å². The van der Waals surface area contributed by atoms with Gasteiger partial charge in [0.2, 0.25) is 5.91 Å². The molecule has 7 nitrogen and oxygen atoms in total. The molecule has 0 atom stereocenters. The maximum Gasteiger partial charge on any atom is 0.294 e. The molecule has 3 amide bonds.